The third-order valence-corrected chi connectivity index (χ3v) is 5.85. The Morgan fingerprint density at radius 2 is 2.00 bits per heavy atom. The molecule has 0 saturated carbocycles. The fourth-order valence-electron chi connectivity index (χ4n) is 3.27. The molecule has 0 fully saturated rings. The van der Waals surface area contributed by atoms with E-state index in [0.29, 0.717) is 27.4 Å². The highest BCUT2D eigenvalue weighted by molar-refractivity contribution is 7.13. The lowest BCUT2D eigenvalue weighted by atomic mass is 10.1. The summed E-state index contributed by atoms with van der Waals surface area (Å²) in [5, 5.41) is 20.6. The number of anilines is 2. The highest BCUT2D eigenvalue weighted by Crippen LogP contribution is 2.39. The lowest BCUT2D eigenvalue weighted by Crippen LogP contribution is -2.08. The van der Waals surface area contributed by atoms with Crippen LogP contribution in [0.15, 0.2) is 47.8 Å². The maximum absolute atomic E-state index is 11.8. The fourth-order valence-corrected chi connectivity index (χ4v) is 4.31. The van der Waals surface area contributed by atoms with Crippen molar-refractivity contribution in [1.29, 1.82) is 0 Å². The Kier molecular flexibility index (Phi) is 5.67. The van der Waals surface area contributed by atoms with Gasteiger partial charge in [-0.05, 0) is 43.7 Å². The van der Waals surface area contributed by atoms with Gasteiger partial charge in [0.2, 0.25) is 5.88 Å². The van der Waals surface area contributed by atoms with E-state index in [0.717, 1.165) is 22.5 Å². The number of hydrogen-bond acceptors (Lipinski definition) is 6. The molecule has 0 radical (unpaired) electrons. The van der Waals surface area contributed by atoms with Gasteiger partial charge in [0, 0.05) is 5.02 Å². The lowest BCUT2D eigenvalue weighted by molar-refractivity contribution is 0.0698. The summed E-state index contributed by atoms with van der Waals surface area (Å²) in [6.07, 6.45) is 0. The molecular weight excluding hydrogens is 436 g/mol. The van der Waals surface area contributed by atoms with Crippen molar-refractivity contribution in [2.24, 2.45) is 0 Å². The molecule has 0 unspecified atom stereocenters. The van der Waals surface area contributed by atoms with Gasteiger partial charge in [0.15, 0.2) is 0 Å². The number of carboxylic acids is 1. The van der Waals surface area contributed by atoms with Crippen LogP contribution in [-0.2, 0) is 0 Å². The number of halogens is 1. The molecular formula is C22H19ClN4O3S. The first kappa shape index (κ1) is 20.9. The summed E-state index contributed by atoms with van der Waals surface area (Å²) in [4.78, 5) is 16.4. The number of nitrogens with zero attached hydrogens (tertiary/aromatic N) is 3. The molecule has 0 spiro atoms. The van der Waals surface area contributed by atoms with Gasteiger partial charge in [-0.1, -0.05) is 29.8 Å². The van der Waals surface area contributed by atoms with E-state index >= 15 is 0 Å². The molecule has 31 heavy (non-hydrogen) atoms. The number of aryl methyl sites for hydroxylation is 2. The number of nitrogens with one attached hydrogen (secondary N) is 1. The number of methoxy groups -OCH3 is 1. The zero-order valence-corrected chi connectivity index (χ0v) is 18.6. The molecule has 0 bridgehead atoms. The van der Waals surface area contributed by atoms with Crippen LogP contribution in [0.25, 0.3) is 16.3 Å². The first-order chi connectivity index (χ1) is 14.9. The largest absolute Gasteiger partial charge is 0.480 e. The SMILES string of the molecule is COc1csc(-c2c(C)nn(-c3ccccc3C)c2Nc2ccc(Cl)cc2C(=O)O)n1. The molecule has 2 aromatic carbocycles. The van der Waals surface area contributed by atoms with Gasteiger partial charge in [-0.15, -0.1) is 11.3 Å². The summed E-state index contributed by atoms with van der Waals surface area (Å²) >= 11 is 7.46. The Hall–Kier alpha value is -3.36. The number of ether oxygens (including phenoxy) is 1. The van der Waals surface area contributed by atoms with Gasteiger partial charge in [0.25, 0.3) is 0 Å². The average molecular weight is 455 g/mol. The second-order valence-corrected chi connectivity index (χ2v) is 8.12. The molecule has 2 heterocycles. The highest BCUT2D eigenvalue weighted by atomic mass is 35.5. The molecule has 2 aromatic heterocycles. The second kappa shape index (κ2) is 8.41. The Labute approximate surface area is 187 Å². The van der Waals surface area contributed by atoms with Crippen molar-refractivity contribution in [2.75, 3.05) is 12.4 Å². The lowest BCUT2D eigenvalue weighted by Gasteiger charge is -2.15. The molecule has 7 nitrogen and oxygen atoms in total. The Morgan fingerprint density at radius 1 is 1.23 bits per heavy atom. The van der Waals surface area contributed by atoms with Gasteiger partial charge in [0.05, 0.1) is 40.7 Å². The predicted molar refractivity (Wildman–Crippen MR) is 122 cm³/mol. The Balaban J connectivity index is 1.95. The smallest absolute Gasteiger partial charge is 0.337 e. The van der Waals surface area contributed by atoms with Gasteiger partial charge >= 0.3 is 5.97 Å². The summed E-state index contributed by atoms with van der Waals surface area (Å²) < 4.78 is 7.02. The zero-order valence-electron chi connectivity index (χ0n) is 17.0. The maximum atomic E-state index is 11.8. The van der Waals surface area contributed by atoms with E-state index in [2.05, 4.69) is 10.3 Å². The first-order valence-electron chi connectivity index (χ1n) is 9.34. The minimum Gasteiger partial charge on any atom is -0.480 e. The number of para-hydroxylation sites is 1. The molecule has 2 N–H and O–H groups in total. The normalized spacial score (nSPS) is 10.8. The quantitative estimate of drug-likeness (QED) is 0.387. The monoisotopic (exact) mass is 454 g/mol. The van der Waals surface area contributed by atoms with Gasteiger partial charge in [-0.3, -0.25) is 0 Å². The highest BCUT2D eigenvalue weighted by Gasteiger charge is 2.23. The molecule has 9 heteroatoms. The summed E-state index contributed by atoms with van der Waals surface area (Å²) in [7, 11) is 1.56. The van der Waals surface area contributed by atoms with Crippen LogP contribution in [0.3, 0.4) is 0 Å². The van der Waals surface area contributed by atoms with Gasteiger partial charge in [-0.25, -0.2) is 14.5 Å². The average Bonchev–Trinajstić information content (AvgIpc) is 3.33. The van der Waals surface area contributed by atoms with Crippen molar-refractivity contribution < 1.29 is 14.6 Å². The molecule has 0 aliphatic carbocycles. The van der Waals surface area contributed by atoms with Crippen molar-refractivity contribution in [1.82, 2.24) is 14.8 Å². The van der Waals surface area contributed by atoms with E-state index in [9.17, 15) is 9.90 Å². The summed E-state index contributed by atoms with van der Waals surface area (Å²) in [5.74, 6) is 0.0291. The van der Waals surface area contributed by atoms with Crippen LogP contribution in [0.2, 0.25) is 5.02 Å². The van der Waals surface area contributed by atoms with Crippen molar-refractivity contribution >= 4 is 40.4 Å². The third kappa shape index (κ3) is 3.99. The molecule has 0 amide bonds. The number of thiazole rings is 1. The summed E-state index contributed by atoms with van der Waals surface area (Å²) in [6, 6.07) is 12.5. The number of benzene rings is 2. The molecule has 0 atom stereocenters. The maximum Gasteiger partial charge on any atom is 0.337 e. The topological polar surface area (TPSA) is 89.3 Å². The van der Waals surface area contributed by atoms with E-state index < -0.39 is 5.97 Å². The van der Waals surface area contributed by atoms with E-state index in [1.165, 1.54) is 17.4 Å². The van der Waals surface area contributed by atoms with E-state index in [1.54, 1.807) is 23.9 Å². The van der Waals surface area contributed by atoms with Crippen LogP contribution < -0.4 is 10.1 Å². The van der Waals surface area contributed by atoms with E-state index in [1.807, 2.05) is 43.5 Å². The van der Waals surface area contributed by atoms with Gasteiger partial charge in [0.1, 0.15) is 10.8 Å². The Bertz CT molecular complexity index is 1280. The number of aromatic nitrogens is 3. The molecule has 4 aromatic rings. The second-order valence-electron chi connectivity index (χ2n) is 6.82. The zero-order chi connectivity index (χ0) is 22.1. The van der Waals surface area contributed by atoms with Crippen LogP contribution in [0.1, 0.15) is 21.6 Å². The minimum atomic E-state index is -1.08. The minimum absolute atomic E-state index is 0.0605. The Morgan fingerprint density at radius 3 is 2.68 bits per heavy atom. The molecule has 0 aliphatic heterocycles. The van der Waals surface area contributed by atoms with Crippen molar-refractivity contribution in [3.63, 3.8) is 0 Å². The third-order valence-electron chi connectivity index (χ3n) is 4.78. The number of aromatic carboxylic acids is 1. The fraction of sp³-hybridized carbons (Fsp3) is 0.136. The number of carbonyl (C=O) groups is 1. The predicted octanol–water partition coefficient (Wildman–Crippen LogP) is 5.72. The van der Waals surface area contributed by atoms with Crippen LogP contribution in [0.5, 0.6) is 5.88 Å². The van der Waals surface area contributed by atoms with Gasteiger partial charge < -0.3 is 15.2 Å². The summed E-state index contributed by atoms with van der Waals surface area (Å²) in [6.45, 7) is 3.89. The number of hydrogen-bond donors (Lipinski definition) is 2. The van der Waals surface area contributed by atoms with Crippen molar-refractivity contribution in [3.8, 4) is 22.1 Å². The van der Waals surface area contributed by atoms with Crippen molar-refractivity contribution in [2.45, 2.75) is 13.8 Å². The first-order valence-corrected chi connectivity index (χ1v) is 10.6. The molecule has 4 rings (SSSR count). The molecule has 0 aliphatic rings. The van der Waals surface area contributed by atoms with Crippen LogP contribution in [0, 0.1) is 13.8 Å². The standard InChI is InChI=1S/C22H19ClN4O3S/c1-12-6-4-5-7-17(12)27-20(24-16-9-8-14(23)10-15(16)22(28)29)19(13(2)26-27)21-25-18(30-3)11-31-21/h4-11,24H,1-3H3,(H,28,29). The van der Waals surface area contributed by atoms with Crippen molar-refractivity contribution in [3.05, 3.63) is 69.7 Å². The number of carboxylic acid groups (broad SMARTS) is 1. The molecule has 0 saturated heterocycles. The van der Waals surface area contributed by atoms with Gasteiger partial charge in [-0.2, -0.15) is 5.10 Å². The van der Waals surface area contributed by atoms with E-state index in [4.69, 9.17) is 21.4 Å². The van der Waals surface area contributed by atoms with Crippen LogP contribution in [0.4, 0.5) is 11.5 Å². The molecule has 158 valence electrons. The van der Waals surface area contributed by atoms with E-state index in [-0.39, 0.29) is 5.56 Å². The number of rotatable bonds is 6. The van der Waals surface area contributed by atoms with Crippen LogP contribution in [-0.4, -0.2) is 33.0 Å². The summed E-state index contributed by atoms with van der Waals surface area (Å²) in [5.41, 5.74) is 3.86. The van der Waals surface area contributed by atoms with Crippen LogP contribution >= 0.6 is 22.9 Å².